The average Bonchev–Trinajstić information content (AvgIpc) is 3.16. The molecule has 0 atom stereocenters. The largest absolute Gasteiger partial charge is 0.490 e. The van der Waals surface area contributed by atoms with Gasteiger partial charge in [-0.2, -0.15) is 0 Å². The highest BCUT2D eigenvalue weighted by Gasteiger charge is 2.44. The van der Waals surface area contributed by atoms with Gasteiger partial charge in [-0.05, 0) is 27.9 Å². The fourth-order valence-electron chi connectivity index (χ4n) is 4.39. The number of rotatable bonds is 8. The Kier molecular flexibility index (Phi) is 7.04. The minimum Gasteiger partial charge on any atom is -0.490 e. The molecule has 0 aliphatic heterocycles. The van der Waals surface area contributed by atoms with Crippen molar-refractivity contribution in [3.63, 3.8) is 0 Å². The number of hydrogen-bond acceptors (Lipinski definition) is 1. The van der Waals surface area contributed by atoms with Crippen molar-refractivity contribution in [2.45, 2.75) is 77.3 Å². The molecule has 1 aromatic carbocycles. The summed E-state index contributed by atoms with van der Waals surface area (Å²) in [6.07, 6.45) is 11.2. The monoisotopic (exact) mass is 412 g/mol. The molecule has 0 N–H and O–H groups in total. The van der Waals surface area contributed by atoms with Gasteiger partial charge in [-0.15, -0.1) is 0 Å². The van der Waals surface area contributed by atoms with E-state index in [0.29, 0.717) is 12.1 Å². The van der Waals surface area contributed by atoms with Crippen molar-refractivity contribution >= 4 is 26.5 Å². The van der Waals surface area contributed by atoms with Crippen LogP contribution >= 0.6 is 0 Å². The number of allylic oxidation sites excluding steroid dienone is 4. The highest BCUT2D eigenvalue weighted by atomic mass is 28.3. The van der Waals surface area contributed by atoms with Crippen molar-refractivity contribution < 1.29 is 4.74 Å². The Morgan fingerprint density at radius 3 is 2.04 bits per heavy atom. The van der Waals surface area contributed by atoms with Crippen LogP contribution in [0.4, 0.5) is 0 Å². The predicted octanol–water partition coefficient (Wildman–Crippen LogP) is 6.47. The molecule has 154 valence electrons. The maximum atomic E-state index is 6.53. The molecule has 1 nitrogen and oxygen atoms in total. The average molecular weight is 413 g/mol. The number of benzene rings is 1. The van der Waals surface area contributed by atoms with Crippen molar-refractivity contribution in [1.29, 1.82) is 0 Å². The first-order chi connectivity index (χ1) is 13.0. The standard InChI is InChI=1S/C25H40OSi2/c1-10-17-26-24-22(27(8,9)25(5,6)7)18-20(4)19-23(24)28(11-2,12-3)21-15-13-14-16-21/h10,13-16,18-19,21H,1,11-12,17H2,2-9H3. The minimum absolute atomic E-state index is 0.264. The zero-order valence-corrected chi connectivity index (χ0v) is 21.4. The summed E-state index contributed by atoms with van der Waals surface area (Å²) in [7, 11) is -3.55. The van der Waals surface area contributed by atoms with E-state index in [9.17, 15) is 0 Å². The lowest BCUT2D eigenvalue weighted by Crippen LogP contribution is -2.56. The lowest BCUT2D eigenvalue weighted by molar-refractivity contribution is 0.368. The number of hydrogen-bond donors (Lipinski definition) is 0. The van der Waals surface area contributed by atoms with Gasteiger partial charge in [0.25, 0.3) is 0 Å². The van der Waals surface area contributed by atoms with Crippen molar-refractivity contribution in [2.75, 3.05) is 6.61 Å². The predicted molar refractivity (Wildman–Crippen MR) is 132 cm³/mol. The Morgan fingerprint density at radius 1 is 1.04 bits per heavy atom. The van der Waals surface area contributed by atoms with Gasteiger partial charge in [-0.25, -0.2) is 0 Å². The third-order valence-electron chi connectivity index (χ3n) is 7.31. The van der Waals surface area contributed by atoms with E-state index in [0.717, 1.165) is 0 Å². The third kappa shape index (κ3) is 4.02. The summed E-state index contributed by atoms with van der Waals surface area (Å²) < 4.78 is 6.53. The summed E-state index contributed by atoms with van der Waals surface area (Å²) in [5, 5.41) is 3.28. The molecular weight excluding hydrogens is 372 g/mol. The van der Waals surface area contributed by atoms with Crippen molar-refractivity contribution in [3.8, 4) is 5.75 Å². The van der Waals surface area contributed by atoms with Crippen LogP contribution < -0.4 is 15.1 Å². The molecule has 0 unspecified atom stereocenters. The second-order valence-corrected chi connectivity index (χ2v) is 20.0. The van der Waals surface area contributed by atoms with Crippen LogP contribution in [0.2, 0.25) is 35.8 Å². The fraction of sp³-hybridized carbons (Fsp3) is 0.520. The van der Waals surface area contributed by atoms with E-state index in [4.69, 9.17) is 4.74 Å². The lowest BCUT2D eigenvalue weighted by Gasteiger charge is -2.42. The van der Waals surface area contributed by atoms with Gasteiger partial charge in [0.1, 0.15) is 20.4 Å². The normalized spacial score (nSPS) is 15.3. The quantitative estimate of drug-likeness (QED) is 0.351. The molecule has 0 heterocycles. The Morgan fingerprint density at radius 2 is 1.57 bits per heavy atom. The first kappa shape index (κ1) is 23.0. The Balaban J connectivity index is 2.84. The molecule has 0 saturated carbocycles. The summed E-state index contributed by atoms with van der Waals surface area (Å²) in [6.45, 7) is 23.7. The summed E-state index contributed by atoms with van der Waals surface area (Å²) in [6, 6.07) is 7.33. The Hall–Kier alpha value is -1.33. The maximum absolute atomic E-state index is 6.53. The van der Waals surface area contributed by atoms with E-state index < -0.39 is 16.1 Å². The SMILES string of the molecule is C=CCOc1c([Si](CC)(CC)C2C=CC=C2)cc(C)cc1[Si](C)(C)C(C)(C)C. The molecule has 0 spiro atoms. The maximum Gasteiger partial charge on any atom is 0.118 e. The van der Waals surface area contributed by atoms with E-state index in [-0.39, 0.29) is 5.04 Å². The summed E-state index contributed by atoms with van der Waals surface area (Å²) in [5.74, 6) is 1.20. The van der Waals surface area contributed by atoms with Crippen LogP contribution in [-0.2, 0) is 0 Å². The molecule has 0 bridgehead atoms. The van der Waals surface area contributed by atoms with E-state index in [1.165, 1.54) is 33.8 Å². The van der Waals surface area contributed by atoms with Gasteiger partial charge in [-0.3, -0.25) is 0 Å². The molecule has 1 aromatic rings. The second-order valence-electron chi connectivity index (χ2n) is 9.82. The molecule has 0 aromatic heterocycles. The van der Waals surface area contributed by atoms with Gasteiger partial charge in [0.05, 0.1) is 8.07 Å². The smallest absolute Gasteiger partial charge is 0.118 e. The van der Waals surface area contributed by atoms with E-state index in [1.807, 2.05) is 6.08 Å². The molecule has 1 aliphatic rings. The summed E-state index contributed by atoms with van der Waals surface area (Å²) in [4.78, 5) is 0. The van der Waals surface area contributed by atoms with Crippen LogP contribution in [0.1, 0.15) is 40.2 Å². The van der Waals surface area contributed by atoms with Gasteiger partial charge < -0.3 is 4.74 Å². The Labute approximate surface area is 175 Å². The van der Waals surface area contributed by atoms with Gasteiger partial charge >= 0.3 is 0 Å². The zero-order chi connectivity index (χ0) is 21.2. The van der Waals surface area contributed by atoms with Crippen LogP contribution in [-0.4, -0.2) is 22.8 Å². The van der Waals surface area contributed by atoms with Crippen LogP contribution in [0.3, 0.4) is 0 Å². The summed E-state index contributed by atoms with van der Waals surface area (Å²) in [5.41, 5.74) is 1.94. The minimum atomic E-state index is -1.79. The highest BCUT2D eigenvalue weighted by molar-refractivity contribution is 6.97. The molecule has 0 radical (unpaired) electrons. The van der Waals surface area contributed by atoms with Gasteiger partial charge in [0, 0.05) is 0 Å². The molecule has 0 amide bonds. The molecule has 0 fully saturated rings. The van der Waals surface area contributed by atoms with E-state index >= 15 is 0 Å². The molecule has 2 rings (SSSR count). The molecule has 28 heavy (non-hydrogen) atoms. The van der Waals surface area contributed by atoms with Crippen molar-refractivity contribution in [3.05, 3.63) is 54.7 Å². The molecule has 3 heteroatoms. The van der Waals surface area contributed by atoms with Crippen LogP contribution in [0.15, 0.2) is 49.1 Å². The number of aryl methyl sites for hydroxylation is 1. The first-order valence-electron chi connectivity index (χ1n) is 10.8. The Bertz CT molecular complexity index is 749. The lowest BCUT2D eigenvalue weighted by atomic mass is 10.2. The molecular formula is C25H40OSi2. The number of ether oxygens (including phenoxy) is 1. The van der Waals surface area contributed by atoms with Crippen LogP contribution in [0.25, 0.3) is 0 Å². The van der Waals surface area contributed by atoms with E-state index in [1.54, 1.807) is 0 Å². The van der Waals surface area contributed by atoms with Crippen molar-refractivity contribution in [2.24, 2.45) is 0 Å². The molecule has 1 aliphatic carbocycles. The van der Waals surface area contributed by atoms with Crippen LogP contribution in [0.5, 0.6) is 5.75 Å². The van der Waals surface area contributed by atoms with Crippen molar-refractivity contribution in [1.82, 2.24) is 0 Å². The van der Waals surface area contributed by atoms with Gasteiger partial charge in [-0.1, -0.05) is 114 Å². The topological polar surface area (TPSA) is 9.23 Å². The second kappa shape index (κ2) is 8.58. The zero-order valence-electron chi connectivity index (χ0n) is 19.4. The first-order valence-corrected chi connectivity index (χ1v) is 16.3. The van der Waals surface area contributed by atoms with Gasteiger partial charge in [0.2, 0.25) is 0 Å². The van der Waals surface area contributed by atoms with E-state index in [2.05, 4.69) is 97.7 Å². The third-order valence-corrected chi connectivity index (χ3v) is 18.4. The fourth-order valence-corrected chi connectivity index (χ4v) is 11.4. The van der Waals surface area contributed by atoms with Gasteiger partial charge in [0.15, 0.2) is 0 Å². The molecule has 0 saturated heterocycles. The summed E-state index contributed by atoms with van der Waals surface area (Å²) >= 11 is 0. The highest BCUT2D eigenvalue weighted by Crippen LogP contribution is 2.40. The van der Waals surface area contributed by atoms with Crippen LogP contribution in [0, 0.1) is 6.92 Å².